The molecule has 1 aromatic heterocycles. The Bertz CT molecular complexity index is 529. The lowest BCUT2D eigenvalue weighted by Gasteiger charge is -2.14. The van der Waals surface area contributed by atoms with E-state index in [-0.39, 0.29) is 11.9 Å². The van der Waals surface area contributed by atoms with Crippen molar-refractivity contribution in [1.82, 2.24) is 20.3 Å². The average Bonchev–Trinajstić information content (AvgIpc) is 2.80. The molecule has 2 aromatic rings. The second-order valence-electron chi connectivity index (χ2n) is 4.34. The Balaban J connectivity index is 1.89. The monoisotopic (exact) mass is 280 g/mol. The van der Waals surface area contributed by atoms with Crippen LogP contribution < -0.4 is 5.32 Å². The zero-order valence-electron chi connectivity index (χ0n) is 11.0. The number of nitrogens with one attached hydrogen (secondary N) is 1. The van der Waals surface area contributed by atoms with Crippen LogP contribution >= 0.6 is 11.8 Å². The SMILES string of the molecule is CNC(CSc1cccc(F)c1)Cc1cn(C)nn1. The second kappa shape index (κ2) is 6.68. The minimum atomic E-state index is -0.195. The molecule has 0 fully saturated rings. The van der Waals surface area contributed by atoms with E-state index in [0.29, 0.717) is 0 Å². The van der Waals surface area contributed by atoms with Crippen molar-refractivity contribution in [3.05, 3.63) is 42.0 Å². The maximum Gasteiger partial charge on any atom is 0.124 e. The minimum absolute atomic E-state index is 0.195. The number of hydrogen-bond donors (Lipinski definition) is 1. The van der Waals surface area contributed by atoms with E-state index in [4.69, 9.17) is 0 Å². The maximum absolute atomic E-state index is 13.1. The summed E-state index contributed by atoms with van der Waals surface area (Å²) in [5, 5.41) is 11.2. The van der Waals surface area contributed by atoms with Crippen LogP contribution in [-0.2, 0) is 13.5 Å². The van der Waals surface area contributed by atoms with Crippen LogP contribution in [0.3, 0.4) is 0 Å². The third-order valence-electron chi connectivity index (χ3n) is 2.76. The molecular formula is C13H17FN4S. The topological polar surface area (TPSA) is 42.7 Å². The van der Waals surface area contributed by atoms with Crippen molar-refractivity contribution in [3.8, 4) is 0 Å². The summed E-state index contributed by atoms with van der Waals surface area (Å²) in [7, 11) is 3.78. The van der Waals surface area contributed by atoms with Gasteiger partial charge in [-0.15, -0.1) is 16.9 Å². The molecule has 0 amide bonds. The van der Waals surface area contributed by atoms with Gasteiger partial charge in [-0.2, -0.15) is 0 Å². The fourth-order valence-electron chi connectivity index (χ4n) is 1.74. The first-order valence-electron chi connectivity index (χ1n) is 6.08. The van der Waals surface area contributed by atoms with Crippen molar-refractivity contribution in [3.63, 3.8) is 0 Å². The van der Waals surface area contributed by atoms with Crippen molar-refractivity contribution in [2.24, 2.45) is 7.05 Å². The molecule has 1 atom stereocenters. The minimum Gasteiger partial charge on any atom is -0.316 e. The predicted molar refractivity (Wildman–Crippen MR) is 74.7 cm³/mol. The molecule has 0 saturated heterocycles. The first-order chi connectivity index (χ1) is 9.17. The van der Waals surface area contributed by atoms with Crippen molar-refractivity contribution in [2.75, 3.05) is 12.8 Å². The Kier molecular flexibility index (Phi) is 4.93. The molecule has 6 heteroatoms. The summed E-state index contributed by atoms with van der Waals surface area (Å²) in [5.41, 5.74) is 0.960. The summed E-state index contributed by atoms with van der Waals surface area (Å²) in [6.45, 7) is 0. The molecule has 1 heterocycles. The van der Waals surface area contributed by atoms with E-state index < -0.39 is 0 Å². The summed E-state index contributed by atoms with van der Waals surface area (Å²) in [6, 6.07) is 6.95. The van der Waals surface area contributed by atoms with Crippen molar-refractivity contribution in [2.45, 2.75) is 17.4 Å². The van der Waals surface area contributed by atoms with Crippen molar-refractivity contribution < 1.29 is 4.39 Å². The second-order valence-corrected chi connectivity index (χ2v) is 5.44. The smallest absolute Gasteiger partial charge is 0.124 e. The molecule has 2 rings (SSSR count). The van der Waals surface area contributed by atoms with Gasteiger partial charge in [0.15, 0.2) is 0 Å². The fourth-order valence-corrected chi connectivity index (χ4v) is 2.79. The highest BCUT2D eigenvalue weighted by Crippen LogP contribution is 2.20. The van der Waals surface area contributed by atoms with Crippen LogP contribution in [0.15, 0.2) is 35.4 Å². The largest absolute Gasteiger partial charge is 0.316 e. The number of hydrogen-bond acceptors (Lipinski definition) is 4. The zero-order valence-corrected chi connectivity index (χ0v) is 11.8. The third-order valence-corrected chi connectivity index (χ3v) is 3.92. The van der Waals surface area contributed by atoms with Crippen LogP contribution in [0, 0.1) is 5.82 Å². The molecule has 0 bridgehead atoms. The summed E-state index contributed by atoms with van der Waals surface area (Å²) < 4.78 is 14.8. The quantitative estimate of drug-likeness (QED) is 0.820. The molecule has 0 aliphatic rings. The molecule has 1 N–H and O–H groups in total. The van der Waals surface area contributed by atoms with E-state index in [2.05, 4.69) is 15.6 Å². The van der Waals surface area contributed by atoms with E-state index in [0.717, 1.165) is 22.8 Å². The number of halogens is 1. The lowest BCUT2D eigenvalue weighted by Crippen LogP contribution is -2.30. The van der Waals surface area contributed by atoms with Crippen LogP contribution in [0.4, 0.5) is 4.39 Å². The Morgan fingerprint density at radius 2 is 2.32 bits per heavy atom. The van der Waals surface area contributed by atoms with E-state index in [9.17, 15) is 4.39 Å². The van der Waals surface area contributed by atoms with Gasteiger partial charge >= 0.3 is 0 Å². The third kappa shape index (κ3) is 4.33. The summed E-state index contributed by atoms with van der Waals surface area (Å²) >= 11 is 1.64. The molecule has 102 valence electrons. The maximum atomic E-state index is 13.1. The van der Waals surface area contributed by atoms with Gasteiger partial charge in [-0.25, -0.2) is 4.39 Å². The average molecular weight is 280 g/mol. The van der Waals surface area contributed by atoms with Crippen LogP contribution in [0.2, 0.25) is 0 Å². The molecule has 19 heavy (non-hydrogen) atoms. The number of thioether (sulfide) groups is 1. The number of aromatic nitrogens is 3. The fraction of sp³-hybridized carbons (Fsp3) is 0.385. The van der Waals surface area contributed by atoms with E-state index in [1.165, 1.54) is 6.07 Å². The van der Waals surface area contributed by atoms with Crippen molar-refractivity contribution in [1.29, 1.82) is 0 Å². The lowest BCUT2D eigenvalue weighted by molar-refractivity contribution is 0.607. The highest BCUT2D eigenvalue weighted by Gasteiger charge is 2.10. The van der Waals surface area contributed by atoms with Gasteiger partial charge in [0, 0.05) is 36.4 Å². The molecule has 1 aromatic carbocycles. The lowest BCUT2D eigenvalue weighted by atomic mass is 10.2. The molecule has 0 aliphatic carbocycles. The summed E-state index contributed by atoms with van der Waals surface area (Å²) in [6.07, 6.45) is 2.73. The molecule has 0 spiro atoms. The number of nitrogens with zero attached hydrogens (tertiary/aromatic N) is 3. The standard InChI is InChI=1S/C13H17FN4S/c1-15-12(7-11-8-18(2)17-16-11)9-19-13-5-3-4-10(14)6-13/h3-6,8,12,15H,7,9H2,1-2H3. The predicted octanol–water partition coefficient (Wildman–Crippen LogP) is 1.88. The van der Waals surface area contributed by atoms with Crippen LogP contribution in [0.1, 0.15) is 5.69 Å². The van der Waals surface area contributed by atoms with Gasteiger partial charge in [-0.05, 0) is 25.2 Å². The number of benzene rings is 1. The molecule has 0 saturated carbocycles. The van der Waals surface area contributed by atoms with Crippen LogP contribution in [0.5, 0.6) is 0 Å². The van der Waals surface area contributed by atoms with Gasteiger partial charge in [0.05, 0.1) is 5.69 Å². The number of aryl methyl sites for hydroxylation is 1. The molecule has 0 radical (unpaired) electrons. The van der Waals surface area contributed by atoms with Crippen molar-refractivity contribution >= 4 is 11.8 Å². The van der Waals surface area contributed by atoms with Crippen LogP contribution in [-0.4, -0.2) is 33.8 Å². The molecule has 1 unspecified atom stereocenters. The van der Waals surface area contributed by atoms with Gasteiger partial charge in [0.2, 0.25) is 0 Å². The van der Waals surface area contributed by atoms with Gasteiger partial charge < -0.3 is 5.32 Å². The first-order valence-corrected chi connectivity index (χ1v) is 7.07. The zero-order chi connectivity index (χ0) is 13.7. The Morgan fingerprint density at radius 3 is 2.95 bits per heavy atom. The van der Waals surface area contributed by atoms with E-state index >= 15 is 0 Å². The Labute approximate surface area is 116 Å². The van der Waals surface area contributed by atoms with Gasteiger partial charge in [-0.3, -0.25) is 4.68 Å². The van der Waals surface area contributed by atoms with Crippen LogP contribution in [0.25, 0.3) is 0 Å². The Hall–Kier alpha value is -1.40. The number of likely N-dealkylation sites (N-methyl/N-ethyl adjacent to an activating group) is 1. The summed E-state index contributed by atoms with van der Waals surface area (Å²) in [4.78, 5) is 0.944. The molecule has 4 nitrogen and oxygen atoms in total. The first kappa shape index (κ1) is 14.0. The highest BCUT2D eigenvalue weighted by molar-refractivity contribution is 7.99. The van der Waals surface area contributed by atoms with Gasteiger partial charge in [0.25, 0.3) is 0 Å². The van der Waals surface area contributed by atoms with E-state index in [1.54, 1.807) is 28.6 Å². The van der Waals surface area contributed by atoms with Gasteiger partial charge in [0.1, 0.15) is 5.82 Å². The van der Waals surface area contributed by atoms with E-state index in [1.807, 2.05) is 26.4 Å². The summed E-state index contributed by atoms with van der Waals surface area (Å²) in [5.74, 6) is 0.663. The van der Waals surface area contributed by atoms with Gasteiger partial charge in [-0.1, -0.05) is 11.3 Å². The number of rotatable bonds is 6. The molecule has 0 aliphatic heterocycles. The molecular weight excluding hydrogens is 263 g/mol. The Morgan fingerprint density at radius 1 is 1.47 bits per heavy atom. The normalized spacial score (nSPS) is 12.6. The highest BCUT2D eigenvalue weighted by atomic mass is 32.2.